The summed E-state index contributed by atoms with van der Waals surface area (Å²) in [6, 6.07) is 0.743. The van der Waals surface area contributed by atoms with Crippen LogP contribution in [0.15, 0.2) is 4.99 Å². The Morgan fingerprint density at radius 1 is 1.23 bits per heavy atom. The van der Waals surface area contributed by atoms with Crippen LogP contribution in [0.5, 0.6) is 0 Å². The standard InChI is InChI=1S/C18H35N5O2.HI/c1-4-25-18(24)23-11-7-15(8-12-23)21-17(19)20-13-16(14(2)3)22-9-5-6-10-22;/h14-16H,4-13H2,1-3H3,(H3,19,20,21);1H. The number of piperidine rings is 1. The van der Waals surface area contributed by atoms with Crippen molar-refractivity contribution in [2.45, 2.75) is 58.5 Å². The van der Waals surface area contributed by atoms with Crippen LogP contribution in [-0.4, -0.2) is 73.3 Å². The van der Waals surface area contributed by atoms with Crippen molar-refractivity contribution < 1.29 is 9.53 Å². The number of aliphatic imine (C=N–C) groups is 1. The molecule has 0 saturated carbocycles. The van der Waals surface area contributed by atoms with Crippen LogP contribution in [0.2, 0.25) is 0 Å². The van der Waals surface area contributed by atoms with Gasteiger partial charge in [0.1, 0.15) is 0 Å². The number of hydrogen-bond acceptors (Lipinski definition) is 4. The molecule has 2 rings (SSSR count). The fourth-order valence-electron chi connectivity index (χ4n) is 3.69. The van der Waals surface area contributed by atoms with E-state index in [0.717, 1.165) is 19.4 Å². The van der Waals surface area contributed by atoms with E-state index >= 15 is 0 Å². The molecule has 2 aliphatic rings. The number of nitrogens with zero attached hydrogens (tertiary/aromatic N) is 3. The summed E-state index contributed by atoms with van der Waals surface area (Å²) in [6.07, 6.45) is 4.11. The topological polar surface area (TPSA) is 83.2 Å². The minimum Gasteiger partial charge on any atom is -0.450 e. The van der Waals surface area contributed by atoms with Crippen LogP contribution in [0.4, 0.5) is 4.79 Å². The van der Waals surface area contributed by atoms with Crippen LogP contribution < -0.4 is 11.1 Å². The van der Waals surface area contributed by atoms with Gasteiger partial charge in [-0.25, -0.2) is 4.79 Å². The Labute approximate surface area is 175 Å². The quantitative estimate of drug-likeness (QED) is 0.346. The number of ether oxygens (including phenoxy) is 1. The maximum Gasteiger partial charge on any atom is 0.409 e. The molecule has 7 nitrogen and oxygen atoms in total. The number of hydrogen-bond donors (Lipinski definition) is 2. The zero-order valence-electron chi connectivity index (χ0n) is 16.4. The van der Waals surface area contributed by atoms with Gasteiger partial charge in [0.05, 0.1) is 13.2 Å². The molecule has 2 saturated heterocycles. The molecular formula is C18H36IN5O2. The van der Waals surface area contributed by atoms with Gasteiger partial charge in [-0.3, -0.25) is 9.89 Å². The number of carbonyl (C=O) groups is 1. The van der Waals surface area contributed by atoms with Gasteiger partial charge in [0.2, 0.25) is 0 Å². The van der Waals surface area contributed by atoms with Gasteiger partial charge < -0.3 is 20.7 Å². The Kier molecular flexibility index (Phi) is 10.6. The number of guanidine groups is 1. The third-order valence-corrected chi connectivity index (χ3v) is 5.20. The van der Waals surface area contributed by atoms with Gasteiger partial charge in [-0.05, 0) is 51.6 Å². The number of nitrogens with two attached hydrogens (primary N) is 1. The number of amides is 1. The Hall–Kier alpha value is -0.770. The summed E-state index contributed by atoms with van der Waals surface area (Å²) in [5.74, 6) is 1.10. The number of likely N-dealkylation sites (tertiary alicyclic amines) is 2. The van der Waals surface area contributed by atoms with Gasteiger partial charge >= 0.3 is 6.09 Å². The van der Waals surface area contributed by atoms with Crippen molar-refractivity contribution in [3.63, 3.8) is 0 Å². The van der Waals surface area contributed by atoms with Crippen molar-refractivity contribution >= 4 is 36.0 Å². The van der Waals surface area contributed by atoms with Gasteiger partial charge in [0.25, 0.3) is 0 Å². The Bertz CT molecular complexity index is 447. The summed E-state index contributed by atoms with van der Waals surface area (Å²) in [7, 11) is 0. The highest BCUT2D eigenvalue weighted by Crippen LogP contribution is 2.18. The molecule has 3 N–H and O–H groups in total. The van der Waals surface area contributed by atoms with E-state index in [1.54, 1.807) is 4.90 Å². The largest absolute Gasteiger partial charge is 0.450 e. The van der Waals surface area contributed by atoms with Crippen molar-refractivity contribution in [2.75, 3.05) is 39.3 Å². The Morgan fingerprint density at radius 2 is 1.85 bits per heavy atom. The second-order valence-electron chi connectivity index (χ2n) is 7.38. The zero-order chi connectivity index (χ0) is 18.2. The lowest BCUT2D eigenvalue weighted by Gasteiger charge is -2.32. The van der Waals surface area contributed by atoms with Crippen molar-refractivity contribution in [3.8, 4) is 0 Å². The van der Waals surface area contributed by atoms with E-state index in [1.165, 1.54) is 25.9 Å². The number of nitrogens with one attached hydrogen (secondary N) is 1. The molecular weight excluding hydrogens is 445 g/mol. The maximum atomic E-state index is 11.7. The summed E-state index contributed by atoms with van der Waals surface area (Å²) >= 11 is 0. The highest BCUT2D eigenvalue weighted by atomic mass is 127. The maximum absolute atomic E-state index is 11.7. The van der Waals surface area contributed by atoms with Gasteiger partial charge in [-0.2, -0.15) is 0 Å². The molecule has 0 bridgehead atoms. The lowest BCUT2D eigenvalue weighted by atomic mass is 10.0. The van der Waals surface area contributed by atoms with Crippen LogP contribution in [0.25, 0.3) is 0 Å². The van der Waals surface area contributed by atoms with Crippen LogP contribution in [0.1, 0.15) is 46.5 Å². The molecule has 0 aromatic heterocycles. The first-order chi connectivity index (χ1) is 12.0. The zero-order valence-corrected chi connectivity index (χ0v) is 18.8. The molecule has 2 fully saturated rings. The minimum absolute atomic E-state index is 0. The molecule has 26 heavy (non-hydrogen) atoms. The third kappa shape index (κ3) is 7.09. The van der Waals surface area contributed by atoms with E-state index < -0.39 is 0 Å². The van der Waals surface area contributed by atoms with Crippen LogP contribution >= 0.6 is 24.0 Å². The summed E-state index contributed by atoms with van der Waals surface area (Å²) in [5.41, 5.74) is 6.11. The van der Waals surface area contributed by atoms with E-state index in [2.05, 4.69) is 29.1 Å². The Morgan fingerprint density at radius 3 is 2.38 bits per heavy atom. The molecule has 1 unspecified atom stereocenters. The average molecular weight is 481 g/mol. The lowest BCUT2D eigenvalue weighted by molar-refractivity contribution is 0.0963. The molecule has 2 aliphatic heterocycles. The highest BCUT2D eigenvalue weighted by molar-refractivity contribution is 14.0. The summed E-state index contributed by atoms with van der Waals surface area (Å²) in [5, 5.41) is 3.33. The molecule has 0 aliphatic carbocycles. The average Bonchev–Trinajstić information content (AvgIpc) is 3.10. The number of carbonyl (C=O) groups excluding carboxylic acids is 1. The van der Waals surface area contributed by atoms with Crippen molar-refractivity contribution in [1.82, 2.24) is 15.1 Å². The molecule has 2 heterocycles. The predicted molar refractivity (Wildman–Crippen MR) is 116 cm³/mol. The molecule has 0 radical (unpaired) electrons. The monoisotopic (exact) mass is 481 g/mol. The molecule has 0 aromatic rings. The second-order valence-corrected chi connectivity index (χ2v) is 7.38. The fourth-order valence-corrected chi connectivity index (χ4v) is 3.69. The second kappa shape index (κ2) is 11.8. The van der Waals surface area contributed by atoms with Gasteiger partial charge in [-0.15, -0.1) is 24.0 Å². The molecule has 0 aromatic carbocycles. The molecule has 1 atom stereocenters. The number of halogens is 1. The van der Waals surface area contributed by atoms with Gasteiger partial charge in [0, 0.05) is 25.2 Å². The van der Waals surface area contributed by atoms with Gasteiger partial charge in [0.15, 0.2) is 5.96 Å². The molecule has 0 spiro atoms. The first kappa shape index (κ1) is 23.3. The van der Waals surface area contributed by atoms with Crippen LogP contribution in [0.3, 0.4) is 0 Å². The number of rotatable bonds is 6. The van der Waals surface area contributed by atoms with E-state index in [4.69, 9.17) is 10.5 Å². The summed E-state index contributed by atoms with van der Waals surface area (Å²) in [6.45, 7) is 11.3. The van der Waals surface area contributed by atoms with E-state index in [1.807, 2.05) is 6.92 Å². The summed E-state index contributed by atoms with van der Waals surface area (Å²) < 4.78 is 5.05. The van der Waals surface area contributed by atoms with Gasteiger partial charge in [-0.1, -0.05) is 13.8 Å². The molecule has 1 amide bonds. The first-order valence-electron chi connectivity index (χ1n) is 9.73. The highest BCUT2D eigenvalue weighted by Gasteiger charge is 2.25. The molecule has 152 valence electrons. The SMILES string of the molecule is CCOC(=O)N1CCC(NC(N)=NCC(C(C)C)N2CCCC2)CC1.I. The van der Waals surface area contributed by atoms with E-state index in [-0.39, 0.29) is 36.1 Å². The van der Waals surface area contributed by atoms with Crippen LogP contribution in [-0.2, 0) is 4.74 Å². The minimum atomic E-state index is -0.215. The Balaban J connectivity index is 0.00000338. The van der Waals surface area contributed by atoms with Crippen molar-refractivity contribution in [2.24, 2.45) is 16.6 Å². The van der Waals surface area contributed by atoms with Crippen LogP contribution in [0, 0.1) is 5.92 Å². The molecule has 8 heteroatoms. The van der Waals surface area contributed by atoms with E-state index in [0.29, 0.717) is 37.6 Å². The smallest absolute Gasteiger partial charge is 0.409 e. The third-order valence-electron chi connectivity index (χ3n) is 5.20. The summed E-state index contributed by atoms with van der Waals surface area (Å²) in [4.78, 5) is 20.6. The van der Waals surface area contributed by atoms with Crippen molar-refractivity contribution in [3.05, 3.63) is 0 Å². The normalized spacial score (nSPS) is 20.8. The lowest BCUT2D eigenvalue weighted by Crippen LogP contribution is -2.49. The van der Waals surface area contributed by atoms with E-state index in [9.17, 15) is 4.79 Å². The predicted octanol–water partition coefficient (Wildman–Crippen LogP) is 2.25. The first-order valence-corrected chi connectivity index (χ1v) is 9.73. The fraction of sp³-hybridized carbons (Fsp3) is 0.889. The van der Waals surface area contributed by atoms with Crippen molar-refractivity contribution in [1.29, 1.82) is 0 Å².